The molecule has 1 saturated carbocycles. The van der Waals surface area contributed by atoms with E-state index in [1.807, 2.05) is 6.92 Å². The number of alkyl halides is 1. The number of esters is 2. The fourth-order valence-corrected chi connectivity index (χ4v) is 3.60. The van der Waals surface area contributed by atoms with Crippen molar-refractivity contribution in [3.63, 3.8) is 0 Å². The number of halogens is 1. The molecule has 1 atom stereocenters. The third kappa shape index (κ3) is 1.72. The van der Waals surface area contributed by atoms with Crippen LogP contribution in [-0.4, -0.2) is 30.6 Å². The van der Waals surface area contributed by atoms with Crippen molar-refractivity contribution in [2.75, 3.05) is 18.6 Å². The summed E-state index contributed by atoms with van der Waals surface area (Å²) in [5.41, 5.74) is -1.48. The maximum atomic E-state index is 12.0. The van der Waals surface area contributed by atoms with Crippen molar-refractivity contribution in [1.29, 1.82) is 0 Å². The van der Waals surface area contributed by atoms with Crippen LogP contribution in [0.1, 0.15) is 26.2 Å². The Morgan fingerprint density at radius 1 is 1.19 bits per heavy atom. The quantitative estimate of drug-likeness (QED) is 0.341. The average Bonchev–Trinajstić information content (AvgIpc) is 2.66. The van der Waals surface area contributed by atoms with E-state index in [2.05, 4.69) is 22.6 Å². The highest BCUT2D eigenvalue weighted by Crippen LogP contribution is 2.55. The predicted molar refractivity (Wildman–Crippen MR) is 67.3 cm³/mol. The fourth-order valence-electron chi connectivity index (χ4n) is 2.57. The lowest BCUT2D eigenvalue weighted by atomic mass is 9.68. The first-order valence-corrected chi connectivity index (χ1v) is 6.74. The van der Waals surface area contributed by atoms with Gasteiger partial charge in [-0.15, -0.1) is 0 Å². The molecule has 92 valence electrons. The summed E-state index contributed by atoms with van der Waals surface area (Å²) in [6.45, 7) is 1.96. The van der Waals surface area contributed by atoms with Crippen molar-refractivity contribution in [2.45, 2.75) is 26.2 Å². The summed E-state index contributed by atoms with van der Waals surface area (Å²) in [7, 11) is 2.64. The van der Waals surface area contributed by atoms with Crippen molar-refractivity contribution in [3.8, 4) is 0 Å². The molecule has 0 aromatic carbocycles. The van der Waals surface area contributed by atoms with Crippen LogP contribution in [0.15, 0.2) is 0 Å². The van der Waals surface area contributed by atoms with Crippen LogP contribution in [0.3, 0.4) is 0 Å². The molecule has 0 amide bonds. The van der Waals surface area contributed by atoms with Gasteiger partial charge in [0.05, 0.1) is 14.2 Å². The van der Waals surface area contributed by atoms with Gasteiger partial charge >= 0.3 is 11.9 Å². The maximum absolute atomic E-state index is 12.0. The Morgan fingerprint density at radius 3 is 2.06 bits per heavy atom. The van der Waals surface area contributed by atoms with Gasteiger partial charge in [-0.25, -0.2) is 0 Å². The van der Waals surface area contributed by atoms with Gasteiger partial charge in [0, 0.05) is 9.84 Å². The Kier molecular flexibility index (Phi) is 4.20. The van der Waals surface area contributed by atoms with E-state index in [-0.39, 0.29) is 5.41 Å². The van der Waals surface area contributed by atoms with Crippen LogP contribution < -0.4 is 0 Å². The minimum absolute atomic E-state index is 0.367. The summed E-state index contributed by atoms with van der Waals surface area (Å²) < 4.78 is 10.4. The van der Waals surface area contributed by atoms with E-state index in [1.54, 1.807) is 0 Å². The molecule has 1 aliphatic carbocycles. The van der Waals surface area contributed by atoms with E-state index in [0.29, 0.717) is 6.42 Å². The summed E-state index contributed by atoms with van der Waals surface area (Å²) in [5.74, 6) is -0.924. The molecule has 0 saturated heterocycles. The van der Waals surface area contributed by atoms with Gasteiger partial charge in [0.2, 0.25) is 0 Å². The Labute approximate surface area is 109 Å². The van der Waals surface area contributed by atoms with E-state index < -0.39 is 17.4 Å². The standard InChI is InChI=1S/C11H17IO4/c1-10(7-12)5-4-6-11(10,8(13)15-2)9(14)16-3/h4-7H2,1-3H3. The van der Waals surface area contributed by atoms with Gasteiger partial charge in [0.15, 0.2) is 5.41 Å². The smallest absolute Gasteiger partial charge is 0.323 e. The molecule has 0 radical (unpaired) electrons. The number of hydrogen-bond acceptors (Lipinski definition) is 4. The van der Waals surface area contributed by atoms with E-state index >= 15 is 0 Å². The van der Waals surface area contributed by atoms with Gasteiger partial charge in [-0.3, -0.25) is 9.59 Å². The minimum Gasteiger partial charge on any atom is -0.468 e. The van der Waals surface area contributed by atoms with Crippen LogP contribution in [0.5, 0.6) is 0 Å². The summed E-state index contributed by atoms with van der Waals surface area (Å²) in [4.78, 5) is 24.0. The third-order valence-electron chi connectivity index (χ3n) is 3.67. The second-order valence-electron chi connectivity index (χ2n) is 4.44. The topological polar surface area (TPSA) is 52.6 Å². The van der Waals surface area contributed by atoms with Gasteiger partial charge in [0.1, 0.15) is 0 Å². The summed E-state index contributed by atoms with van der Waals surface area (Å²) in [6, 6.07) is 0. The zero-order chi connectivity index (χ0) is 12.4. The monoisotopic (exact) mass is 340 g/mol. The van der Waals surface area contributed by atoms with E-state index in [4.69, 9.17) is 9.47 Å². The van der Waals surface area contributed by atoms with Gasteiger partial charge < -0.3 is 9.47 Å². The third-order valence-corrected chi connectivity index (χ3v) is 5.36. The van der Waals surface area contributed by atoms with Gasteiger partial charge in [-0.05, 0) is 12.8 Å². The molecule has 0 N–H and O–H groups in total. The molecule has 0 aromatic heterocycles. The Morgan fingerprint density at radius 2 is 1.69 bits per heavy atom. The van der Waals surface area contributed by atoms with E-state index in [1.165, 1.54) is 14.2 Å². The summed E-state index contributed by atoms with van der Waals surface area (Å²) in [6.07, 6.45) is 2.22. The molecule has 16 heavy (non-hydrogen) atoms. The number of rotatable bonds is 3. The molecular weight excluding hydrogens is 323 g/mol. The molecule has 0 aliphatic heterocycles. The van der Waals surface area contributed by atoms with Crippen LogP contribution in [0, 0.1) is 10.8 Å². The Bertz CT molecular complexity index is 286. The highest BCUT2D eigenvalue weighted by molar-refractivity contribution is 14.1. The Balaban J connectivity index is 3.23. The molecular formula is C11H17IO4. The van der Waals surface area contributed by atoms with Crippen LogP contribution in [0.4, 0.5) is 0 Å². The number of carbonyl (C=O) groups excluding carboxylic acids is 2. The Hall–Kier alpha value is -0.330. The first-order valence-electron chi connectivity index (χ1n) is 5.21. The molecule has 1 rings (SSSR count). The first-order chi connectivity index (χ1) is 7.48. The van der Waals surface area contributed by atoms with Gasteiger partial charge in [-0.1, -0.05) is 35.9 Å². The van der Waals surface area contributed by atoms with Gasteiger partial charge in [0.25, 0.3) is 0 Å². The largest absolute Gasteiger partial charge is 0.468 e. The average molecular weight is 340 g/mol. The van der Waals surface area contributed by atoms with E-state index in [0.717, 1.165) is 17.3 Å². The normalized spacial score (nSPS) is 27.5. The maximum Gasteiger partial charge on any atom is 0.323 e. The lowest BCUT2D eigenvalue weighted by molar-refractivity contribution is -0.176. The summed E-state index contributed by atoms with van der Waals surface area (Å²) in [5, 5.41) is 0. The van der Waals surface area contributed by atoms with Crippen LogP contribution in [0.2, 0.25) is 0 Å². The second-order valence-corrected chi connectivity index (χ2v) is 5.20. The highest BCUT2D eigenvalue weighted by atomic mass is 127. The van der Waals surface area contributed by atoms with Crippen molar-refractivity contribution in [1.82, 2.24) is 0 Å². The molecule has 0 bridgehead atoms. The predicted octanol–water partition coefficient (Wildman–Crippen LogP) is 1.94. The molecule has 1 unspecified atom stereocenters. The van der Waals surface area contributed by atoms with Crippen molar-refractivity contribution in [2.24, 2.45) is 10.8 Å². The molecule has 0 aromatic rings. The molecule has 4 nitrogen and oxygen atoms in total. The zero-order valence-corrected chi connectivity index (χ0v) is 12.0. The molecule has 1 aliphatic rings. The van der Waals surface area contributed by atoms with Crippen LogP contribution in [0.25, 0.3) is 0 Å². The summed E-state index contributed by atoms with van der Waals surface area (Å²) >= 11 is 2.22. The van der Waals surface area contributed by atoms with Crippen molar-refractivity contribution >= 4 is 34.5 Å². The van der Waals surface area contributed by atoms with Crippen molar-refractivity contribution < 1.29 is 19.1 Å². The van der Waals surface area contributed by atoms with Gasteiger partial charge in [-0.2, -0.15) is 0 Å². The van der Waals surface area contributed by atoms with Crippen molar-refractivity contribution in [3.05, 3.63) is 0 Å². The zero-order valence-electron chi connectivity index (χ0n) is 9.84. The van der Waals surface area contributed by atoms with Crippen LogP contribution >= 0.6 is 22.6 Å². The molecule has 1 fully saturated rings. The fraction of sp³-hybridized carbons (Fsp3) is 0.818. The number of methoxy groups -OCH3 is 2. The second kappa shape index (κ2) is 4.89. The SMILES string of the molecule is COC(=O)C1(C(=O)OC)CCCC1(C)CI. The van der Waals surface area contributed by atoms with E-state index in [9.17, 15) is 9.59 Å². The first kappa shape index (κ1) is 13.7. The molecule has 0 heterocycles. The molecule has 5 heteroatoms. The molecule has 0 spiro atoms. The minimum atomic E-state index is -1.11. The lowest BCUT2D eigenvalue weighted by Crippen LogP contribution is -2.50. The number of carbonyl (C=O) groups is 2. The lowest BCUT2D eigenvalue weighted by Gasteiger charge is -2.37. The highest BCUT2D eigenvalue weighted by Gasteiger charge is 2.63. The number of hydrogen-bond donors (Lipinski definition) is 0. The van der Waals surface area contributed by atoms with Crippen LogP contribution in [-0.2, 0) is 19.1 Å². The number of ether oxygens (including phenoxy) is 2.